The third-order valence-corrected chi connectivity index (χ3v) is 5.68. The highest BCUT2D eigenvalue weighted by atomic mass is 35.5. The van der Waals surface area contributed by atoms with Crippen molar-refractivity contribution in [3.8, 4) is 0 Å². The van der Waals surface area contributed by atoms with Crippen LogP contribution in [0.5, 0.6) is 0 Å². The topological polar surface area (TPSA) is 59.0 Å². The van der Waals surface area contributed by atoms with E-state index in [9.17, 15) is 4.79 Å². The molecule has 0 spiro atoms. The molecule has 2 atom stereocenters. The molecule has 2 N–H and O–H groups in total. The Hall–Kier alpha value is -1.56. The Labute approximate surface area is 164 Å². The van der Waals surface area contributed by atoms with Crippen molar-refractivity contribution in [2.45, 2.75) is 25.2 Å². The van der Waals surface area contributed by atoms with Gasteiger partial charge < -0.3 is 10.6 Å². The van der Waals surface area contributed by atoms with E-state index < -0.39 is 0 Å². The molecule has 2 heterocycles. The van der Waals surface area contributed by atoms with E-state index in [1.54, 1.807) is 4.68 Å². The Morgan fingerprint density at radius 2 is 2.04 bits per heavy atom. The molecule has 1 aliphatic rings. The molecule has 0 saturated carbocycles. The number of nitrogens with one attached hydrogen (secondary N) is 2. The quantitative estimate of drug-likeness (QED) is 0.818. The maximum absolute atomic E-state index is 12.8. The van der Waals surface area contributed by atoms with E-state index in [1.165, 1.54) is 0 Å². The van der Waals surface area contributed by atoms with Crippen molar-refractivity contribution in [2.75, 3.05) is 19.6 Å². The summed E-state index contributed by atoms with van der Waals surface area (Å²) in [4.78, 5) is 12.8. The number of aromatic nitrogens is 2. The molecule has 7 heteroatoms. The highest BCUT2D eigenvalue weighted by Gasteiger charge is 2.36. The molecule has 1 amide bonds. The van der Waals surface area contributed by atoms with Crippen LogP contribution in [-0.2, 0) is 17.3 Å². The molecule has 1 aromatic heterocycles. The maximum Gasteiger partial charge on any atom is 0.225 e. The molecule has 5 nitrogen and oxygen atoms in total. The first kappa shape index (κ1) is 19.2. The SMILES string of the molecule is Cn1cc([C@H]2CNC[C@@H]2C(=O)NCC(C)(C)c2c(Cl)cccc2Cl)cn1. The van der Waals surface area contributed by atoms with Gasteiger partial charge in [0.2, 0.25) is 5.91 Å². The van der Waals surface area contributed by atoms with E-state index in [-0.39, 0.29) is 23.2 Å². The van der Waals surface area contributed by atoms with Gasteiger partial charge in [-0.05, 0) is 23.3 Å². The molecule has 1 saturated heterocycles. The number of hydrogen-bond donors (Lipinski definition) is 2. The lowest BCUT2D eigenvalue weighted by molar-refractivity contribution is -0.125. The Kier molecular flexibility index (Phi) is 5.61. The van der Waals surface area contributed by atoms with E-state index in [4.69, 9.17) is 23.2 Å². The molecule has 140 valence electrons. The summed E-state index contributed by atoms with van der Waals surface area (Å²) in [6, 6.07) is 5.48. The molecular formula is C19H24Cl2N4O. The predicted octanol–water partition coefficient (Wildman–Crippen LogP) is 3.12. The van der Waals surface area contributed by atoms with Crippen molar-refractivity contribution in [2.24, 2.45) is 13.0 Å². The van der Waals surface area contributed by atoms with Gasteiger partial charge in [-0.3, -0.25) is 9.48 Å². The lowest BCUT2D eigenvalue weighted by atomic mass is 9.83. The van der Waals surface area contributed by atoms with Gasteiger partial charge in [0.1, 0.15) is 0 Å². The number of rotatable bonds is 5. The van der Waals surface area contributed by atoms with Gasteiger partial charge in [0.05, 0.1) is 12.1 Å². The molecule has 3 rings (SSSR count). The highest BCUT2D eigenvalue weighted by molar-refractivity contribution is 6.36. The maximum atomic E-state index is 12.8. The fourth-order valence-corrected chi connectivity index (χ4v) is 4.52. The highest BCUT2D eigenvalue weighted by Crippen LogP contribution is 2.35. The largest absolute Gasteiger partial charge is 0.355 e. The van der Waals surface area contributed by atoms with Crippen LogP contribution in [0, 0.1) is 5.92 Å². The normalized spacial score (nSPS) is 20.3. The lowest BCUT2D eigenvalue weighted by Gasteiger charge is -2.29. The number of benzene rings is 1. The minimum Gasteiger partial charge on any atom is -0.355 e. The third-order valence-electron chi connectivity index (χ3n) is 5.05. The van der Waals surface area contributed by atoms with Crippen LogP contribution >= 0.6 is 23.2 Å². The van der Waals surface area contributed by atoms with Crippen molar-refractivity contribution in [1.29, 1.82) is 0 Å². The van der Waals surface area contributed by atoms with Gasteiger partial charge in [-0.2, -0.15) is 5.10 Å². The van der Waals surface area contributed by atoms with Gasteiger partial charge in [0, 0.05) is 54.3 Å². The first-order valence-electron chi connectivity index (χ1n) is 8.71. The number of halogens is 2. The van der Waals surface area contributed by atoms with Gasteiger partial charge >= 0.3 is 0 Å². The van der Waals surface area contributed by atoms with Gasteiger partial charge in [0.15, 0.2) is 0 Å². The van der Waals surface area contributed by atoms with E-state index in [2.05, 4.69) is 15.7 Å². The Bertz CT molecular complexity index is 782. The second-order valence-electron chi connectivity index (χ2n) is 7.52. The molecule has 0 bridgehead atoms. The van der Waals surface area contributed by atoms with Crippen molar-refractivity contribution in [3.63, 3.8) is 0 Å². The molecule has 2 aromatic rings. The summed E-state index contributed by atoms with van der Waals surface area (Å²) in [6.07, 6.45) is 3.82. The van der Waals surface area contributed by atoms with Crippen LogP contribution in [0.4, 0.5) is 0 Å². The average molecular weight is 395 g/mol. The van der Waals surface area contributed by atoms with Crippen molar-refractivity contribution in [3.05, 3.63) is 51.8 Å². The minimum absolute atomic E-state index is 0.0418. The van der Waals surface area contributed by atoms with E-state index in [1.807, 2.05) is 51.5 Å². The lowest BCUT2D eigenvalue weighted by Crippen LogP contribution is -2.41. The third kappa shape index (κ3) is 3.90. The van der Waals surface area contributed by atoms with Crippen LogP contribution < -0.4 is 10.6 Å². The summed E-state index contributed by atoms with van der Waals surface area (Å²) >= 11 is 12.7. The molecule has 0 radical (unpaired) electrons. The van der Waals surface area contributed by atoms with Crippen LogP contribution in [0.3, 0.4) is 0 Å². The van der Waals surface area contributed by atoms with Crippen LogP contribution in [-0.4, -0.2) is 35.3 Å². The standard InChI is InChI=1S/C19H24Cl2N4O/c1-19(2,17-15(20)5-4-6-16(17)21)11-23-18(26)14-9-22-8-13(14)12-7-24-25(3)10-12/h4-7,10,13-14,22H,8-9,11H2,1-3H3,(H,23,26)/t13-,14+/m1/s1. The molecule has 26 heavy (non-hydrogen) atoms. The molecule has 0 aliphatic carbocycles. The Morgan fingerprint density at radius 1 is 1.35 bits per heavy atom. The molecule has 1 aromatic carbocycles. The fraction of sp³-hybridized carbons (Fsp3) is 0.474. The van der Waals surface area contributed by atoms with Gasteiger partial charge in [-0.1, -0.05) is 43.1 Å². The second kappa shape index (κ2) is 7.59. The number of aryl methyl sites for hydroxylation is 1. The van der Waals surface area contributed by atoms with Crippen molar-refractivity contribution in [1.82, 2.24) is 20.4 Å². The van der Waals surface area contributed by atoms with Crippen LogP contribution in [0.25, 0.3) is 0 Å². The average Bonchev–Trinajstić information content (AvgIpc) is 3.21. The smallest absolute Gasteiger partial charge is 0.225 e. The van der Waals surface area contributed by atoms with Crippen molar-refractivity contribution >= 4 is 29.1 Å². The first-order valence-corrected chi connectivity index (χ1v) is 9.46. The van der Waals surface area contributed by atoms with Gasteiger partial charge in [-0.25, -0.2) is 0 Å². The first-order chi connectivity index (χ1) is 12.3. The zero-order chi connectivity index (χ0) is 18.9. The number of carbonyl (C=O) groups is 1. The zero-order valence-electron chi connectivity index (χ0n) is 15.2. The van der Waals surface area contributed by atoms with Gasteiger partial charge in [-0.15, -0.1) is 0 Å². The summed E-state index contributed by atoms with van der Waals surface area (Å²) in [6.45, 7) is 5.98. The Morgan fingerprint density at radius 3 is 2.65 bits per heavy atom. The summed E-state index contributed by atoms with van der Waals surface area (Å²) in [5, 5.41) is 11.9. The Balaban J connectivity index is 1.70. The number of hydrogen-bond acceptors (Lipinski definition) is 3. The van der Waals surface area contributed by atoms with E-state index in [0.717, 1.165) is 17.7 Å². The molecule has 1 fully saturated rings. The number of amides is 1. The van der Waals surface area contributed by atoms with Crippen LogP contribution in [0.1, 0.15) is 30.9 Å². The monoisotopic (exact) mass is 394 g/mol. The molecule has 0 unspecified atom stereocenters. The fourth-order valence-electron chi connectivity index (χ4n) is 3.61. The van der Waals surface area contributed by atoms with Crippen LogP contribution in [0.2, 0.25) is 10.0 Å². The number of carbonyl (C=O) groups excluding carboxylic acids is 1. The molecule has 1 aliphatic heterocycles. The summed E-state index contributed by atoms with van der Waals surface area (Å²) in [5.41, 5.74) is 1.57. The van der Waals surface area contributed by atoms with E-state index in [0.29, 0.717) is 23.1 Å². The van der Waals surface area contributed by atoms with Crippen LogP contribution in [0.15, 0.2) is 30.6 Å². The summed E-state index contributed by atoms with van der Waals surface area (Å²) < 4.78 is 1.77. The van der Waals surface area contributed by atoms with Gasteiger partial charge in [0.25, 0.3) is 0 Å². The number of nitrogens with zero attached hydrogens (tertiary/aromatic N) is 2. The second-order valence-corrected chi connectivity index (χ2v) is 8.33. The zero-order valence-corrected chi connectivity index (χ0v) is 16.7. The predicted molar refractivity (Wildman–Crippen MR) is 105 cm³/mol. The van der Waals surface area contributed by atoms with E-state index >= 15 is 0 Å². The molecular weight excluding hydrogens is 371 g/mol. The minimum atomic E-state index is -0.374. The summed E-state index contributed by atoms with van der Waals surface area (Å²) in [5.74, 6) is 0.0625. The van der Waals surface area contributed by atoms with Crippen molar-refractivity contribution < 1.29 is 4.79 Å². The summed E-state index contributed by atoms with van der Waals surface area (Å²) in [7, 11) is 1.89.